The van der Waals surface area contributed by atoms with E-state index in [1.165, 1.54) is 0 Å². The van der Waals surface area contributed by atoms with Crippen LogP contribution in [0, 0.1) is 0 Å². The SMILES string of the molecule is CCCc1c(C(=O)N2CCOC(CC(=O)O)C2)cnn1Cc1ccccc1. The van der Waals surface area contributed by atoms with Gasteiger partial charge in [0.15, 0.2) is 0 Å². The van der Waals surface area contributed by atoms with Crippen LogP contribution in [-0.4, -0.2) is 57.5 Å². The first-order valence-electron chi connectivity index (χ1n) is 9.29. The van der Waals surface area contributed by atoms with Crippen LogP contribution in [0.5, 0.6) is 0 Å². The van der Waals surface area contributed by atoms with Crippen molar-refractivity contribution in [2.75, 3.05) is 19.7 Å². The number of morpholine rings is 1. The normalized spacial score (nSPS) is 17.1. The van der Waals surface area contributed by atoms with E-state index in [0.29, 0.717) is 31.8 Å². The summed E-state index contributed by atoms with van der Waals surface area (Å²) in [6.45, 7) is 3.80. The van der Waals surface area contributed by atoms with Gasteiger partial charge in [0.1, 0.15) is 0 Å². The Bertz CT molecular complexity index is 788. The first kappa shape index (κ1) is 19.1. The Hall–Kier alpha value is -2.67. The predicted octanol–water partition coefficient (Wildman–Crippen LogP) is 2.20. The summed E-state index contributed by atoms with van der Waals surface area (Å²) in [5, 5.41) is 13.4. The molecule has 7 nitrogen and oxygen atoms in total. The fourth-order valence-electron chi connectivity index (χ4n) is 3.37. The third-order valence-electron chi connectivity index (χ3n) is 4.67. The summed E-state index contributed by atoms with van der Waals surface area (Å²) in [7, 11) is 0. The van der Waals surface area contributed by atoms with Crippen molar-refractivity contribution >= 4 is 11.9 Å². The van der Waals surface area contributed by atoms with Crippen LogP contribution in [0.4, 0.5) is 0 Å². The molecule has 1 atom stereocenters. The Balaban J connectivity index is 1.78. The lowest BCUT2D eigenvalue weighted by atomic mass is 10.1. The Morgan fingerprint density at radius 1 is 1.30 bits per heavy atom. The zero-order chi connectivity index (χ0) is 19.2. The highest BCUT2D eigenvalue weighted by Gasteiger charge is 2.29. The number of carbonyl (C=O) groups is 2. The van der Waals surface area contributed by atoms with Crippen LogP contribution in [0.1, 0.15) is 41.4 Å². The molecule has 3 rings (SSSR count). The molecule has 2 aromatic rings. The van der Waals surface area contributed by atoms with Crippen molar-refractivity contribution in [3.05, 3.63) is 53.3 Å². The highest BCUT2D eigenvalue weighted by molar-refractivity contribution is 5.95. The number of ether oxygens (including phenoxy) is 1. The van der Waals surface area contributed by atoms with E-state index >= 15 is 0 Å². The minimum atomic E-state index is -0.920. The summed E-state index contributed by atoms with van der Waals surface area (Å²) < 4.78 is 7.36. The Kier molecular flexibility index (Phi) is 6.24. The zero-order valence-corrected chi connectivity index (χ0v) is 15.5. The number of aliphatic carboxylic acids is 1. The molecule has 2 heterocycles. The molecule has 0 aliphatic carbocycles. The summed E-state index contributed by atoms with van der Waals surface area (Å²) in [4.78, 5) is 25.7. The molecule has 1 aliphatic heterocycles. The van der Waals surface area contributed by atoms with Gasteiger partial charge < -0.3 is 14.7 Å². The summed E-state index contributed by atoms with van der Waals surface area (Å²) in [6, 6.07) is 10.0. The van der Waals surface area contributed by atoms with E-state index in [4.69, 9.17) is 9.84 Å². The Labute approximate surface area is 158 Å². The molecule has 1 aliphatic rings. The van der Waals surface area contributed by atoms with E-state index in [1.807, 2.05) is 35.0 Å². The zero-order valence-electron chi connectivity index (χ0n) is 15.5. The van der Waals surface area contributed by atoms with E-state index in [0.717, 1.165) is 24.1 Å². The second-order valence-electron chi connectivity index (χ2n) is 6.74. The number of amides is 1. The van der Waals surface area contributed by atoms with Gasteiger partial charge in [-0.1, -0.05) is 43.7 Å². The molecule has 27 heavy (non-hydrogen) atoms. The minimum Gasteiger partial charge on any atom is -0.481 e. The molecule has 0 spiro atoms. The molecule has 1 saturated heterocycles. The number of carboxylic acids is 1. The van der Waals surface area contributed by atoms with Gasteiger partial charge in [-0.25, -0.2) is 0 Å². The minimum absolute atomic E-state index is 0.0983. The first-order valence-corrected chi connectivity index (χ1v) is 9.29. The maximum Gasteiger partial charge on any atom is 0.306 e. The highest BCUT2D eigenvalue weighted by Crippen LogP contribution is 2.18. The van der Waals surface area contributed by atoms with Crippen LogP contribution in [0.25, 0.3) is 0 Å². The molecule has 144 valence electrons. The standard InChI is InChI=1S/C20H25N3O4/c1-2-6-18-17(12-21-23(18)13-15-7-4-3-5-8-15)20(26)22-9-10-27-16(14-22)11-19(24)25/h3-5,7-8,12,16H,2,6,9-11,13-14H2,1H3,(H,24,25). The van der Waals surface area contributed by atoms with Crippen molar-refractivity contribution in [3.63, 3.8) is 0 Å². The summed E-state index contributed by atoms with van der Waals surface area (Å²) in [6.07, 6.45) is 2.74. The van der Waals surface area contributed by atoms with Gasteiger partial charge >= 0.3 is 5.97 Å². The summed E-state index contributed by atoms with van der Waals surface area (Å²) >= 11 is 0. The van der Waals surface area contributed by atoms with Crippen LogP contribution in [-0.2, 0) is 22.5 Å². The van der Waals surface area contributed by atoms with Gasteiger partial charge in [0, 0.05) is 13.1 Å². The van der Waals surface area contributed by atoms with E-state index in [2.05, 4.69) is 12.0 Å². The monoisotopic (exact) mass is 371 g/mol. The number of hydrogen-bond acceptors (Lipinski definition) is 4. The van der Waals surface area contributed by atoms with Crippen LogP contribution < -0.4 is 0 Å². The van der Waals surface area contributed by atoms with Gasteiger partial charge in [-0.15, -0.1) is 0 Å². The molecule has 1 unspecified atom stereocenters. The first-order chi connectivity index (χ1) is 13.1. The molecule has 7 heteroatoms. The van der Waals surface area contributed by atoms with Crippen molar-refractivity contribution in [2.24, 2.45) is 0 Å². The van der Waals surface area contributed by atoms with E-state index in [9.17, 15) is 9.59 Å². The fraction of sp³-hybridized carbons (Fsp3) is 0.450. The fourth-order valence-corrected chi connectivity index (χ4v) is 3.37. The van der Waals surface area contributed by atoms with Gasteiger partial charge in [-0.05, 0) is 12.0 Å². The van der Waals surface area contributed by atoms with Gasteiger partial charge in [0.25, 0.3) is 5.91 Å². The van der Waals surface area contributed by atoms with Crippen molar-refractivity contribution in [1.29, 1.82) is 0 Å². The number of benzene rings is 1. The molecule has 1 aromatic heterocycles. The van der Waals surface area contributed by atoms with Gasteiger partial charge in [-0.2, -0.15) is 5.10 Å². The summed E-state index contributed by atoms with van der Waals surface area (Å²) in [5.74, 6) is -1.02. The van der Waals surface area contributed by atoms with Crippen LogP contribution >= 0.6 is 0 Å². The van der Waals surface area contributed by atoms with Crippen LogP contribution in [0.3, 0.4) is 0 Å². The lowest BCUT2D eigenvalue weighted by Crippen LogP contribution is -2.46. The maximum absolute atomic E-state index is 13.1. The Morgan fingerprint density at radius 2 is 2.07 bits per heavy atom. The van der Waals surface area contributed by atoms with Crippen LogP contribution in [0.2, 0.25) is 0 Å². The number of nitrogens with zero attached hydrogens (tertiary/aromatic N) is 3. The molecular formula is C20H25N3O4. The van der Waals surface area contributed by atoms with Crippen molar-refractivity contribution in [2.45, 2.75) is 38.8 Å². The van der Waals surface area contributed by atoms with Gasteiger partial charge in [0.2, 0.25) is 0 Å². The average Bonchev–Trinajstić information content (AvgIpc) is 3.04. The topological polar surface area (TPSA) is 84.7 Å². The quantitative estimate of drug-likeness (QED) is 0.807. The molecule has 0 radical (unpaired) electrons. The number of carboxylic acid groups (broad SMARTS) is 1. The molecule has 1 fully saturated rings. The smallest absolute Gasteiger partial charge is 0.306 e. The highest BCUT2D eigenvalue weighted by atomic mass is 16.5. The van der Waals surface area contributed by atoms with Crippen LogP contribution in [0.15, 0.2) is 36.5 Å². The lowest BCUT2D eigenvalue weighted by Gasteiger charge is -2.32. The molecule has 0 bridgehead atoms. The third-order valence-corrected chi connectivity index (χ3v) is 4.67. The molecule has 1 aromatic carbocycles. The molecule has 1 amide bonds. The number of hydrogen-bond donors (Lipinski definition) is 1. The summed E-state index contributed by atoms with van der Waals surface area (Å²) in [5.41, 5.74) is 2.65. The number of rotatable bonds is 7. The number of aromatic nitrogens is 2. The van der Waals surface area contributed by atoms with Crippen molar-refractivity contribution < 1.29 is 19.4 Å². The van der Waals surface area contributed by atoms with Gasteiger partial charge in [-0.3, -0.25) is 14.3 Å². The molecule has 1 N–H and O–H groups in total. The van der Waals surface area contributed by atoms with Gasteiger partial charge in [0.05, 0.1) is 43.1 Å². The van der Waals surface area contributed by atoms with Crippen molar-refractivity contribution in [3.8, 4) is 0 Å². The second-order valence-corrected chi connectivity index (χ2v) is 6.74. The maximum atomic E-state index is 13.1. The third kappa shape index (κ3) is 4.74. The average molecular weight is 371 g/mol. The largest absolute Gasteiger partial charge is 0.481 e. The van der Waals surface area contributed by atoms with Crippen molar-refractivity contribution in [1.82, 2.24) is 14.7 Å². The van der Waals surface area contributed by atoms with E-state index in [-0.39, 0.29) is 12.3 Å². The Morgan fingerprint density at radius 3 is 2.78 bits per heavy atom. The predicted molar refractivity (Wildman–Crippen MR) is 99.7 cm³/mol. The molecular weight excluding hydrogens is 346 g/mol. The van der Waals surface area contributed by atoms with E-state index in [1.54, 1.807) is 11.1 Å². The van der Waals surface area contributed by atoms with E-state index < -0.39 is 12.1 Å². The lowest BCUT2D eigenvalue weighted by molar-refractivity contribution is -0.141. The molecule has 0 saturated carbocycles. The number of carbonyl (C=O) groups excluding carboxylic acids is 1. The second kappa shape index (κ2) is 8.81.